The molecule has 1 heterocycles. The Hall–Kier alpha value is -2.55. The first kappa shape index (κ1) is 11.5. The van der Waals surface area contributed by atoms with Crippen molar-refractivity contribution in [3.05, 3.63) is 65.0 Å². The molecule has 0 fully saturated rings. The third-order valence-corrected chi connectivity index (χ3v) is 3.08. The number of methoxy groups -OCH3 is 1. The predicted molar refractivity (Wildman–Crippen MR) is 75.4 cm³/mol. The predicted octanol–water partition coefficient (Wildman–Crippen LogP) is 3.00. The second-order valence-electron chi connectivity index (χ2n) is 4.25. The number of hydrogen-bond acceptors (Lipinski definition) is 2. The minimum absolute atomic E-state index is 0.0936. The van der Waals surface area contributed by atoms with Crippen molar-refractivity contribution in [1.82, 2.24) is 4.98 Å². The van der Waals surface area contributed by atoms with Crippen molar-refractivity contribution >= 4 is 10.9 Å². The van der Waals surface area contributed by atoms with Gasteiger partial charge in [-0.3, -0.25) is 4.79 Å². The summed E-state index contributed by atoms with van der Waals surface area (Å²) in [7, 11) is 1.63. The van der Waals surface area contributed by atoms with Gasteiger partial charge >= 0.3 is 0 Å². The lowest BCUT2D eigenvalue weighted by molar-refractivity contribution is 0.415. The van der Waals surface area contributed by atoms with E-state index in [2.05, 4.69) is 11.1 Å². The third-order valence-electron chi connectivity index (χ3n) is 3.08. The van der Waals surface area contributed by atoms with Gasteiger partial charge in [0.05, 0.1) is 7.11 Å². The largest absolute Gasteiger partial charge is 0.497 e. The number of rotatable bonds is 2. The molecule has 2 aromatic carbocycles. The van der Waals surface area contributed by atoms with Gasteiger partial charge in [-0.2, -0.15) is 0 Å². The maximum Gasteiger partial charge on any atom is 0.256 e. The molecule has 0 saturated carbocycles. The van der Waals surface area contributed by atoms with E-state index in [9.17, 15) is 4.79 Å². The van der Waals surface area contributed by atoms with E-state index in [0.29, 0.717) is 5.56 Å². The highest BCUT2D eigenvalue weighted by molar-refractivity contribution is 5.84. The second-order valence-corrected chi connectivity index (χ2v) is 4.25. The van der Waals surface area contributed by atoms with Gasteiger partial charge < -0.3 is 9.72 Å². The average Bonchev–Trinajstić information content (AvgIpc) is 2.47. The molecule has 3 aromatic rings. The summed E-state index contributed by atoms with van der Waals surface area (Å²) >= 11 is 0. The summed E-state index contributed by atoms with van der Waals surface area (Å²) in [5, 5.41) is 0.946. The molecule has 19 heavy (non-hydrogen) atoms. The minimum Gasteiger partial charge on any atom is -0.497 e. The monoisotopic (exact) mass is 250 g/mol. The quantitative estimate of drug-likeness (QED) is 0.759. The van der Waals surface area contributed by atoms with Crippen molar-refractivity contribution in [2.45, 2.75) is 0 Å². The Balaban J connectivity index is 2.26. The van der Waals surface area contributed by atoms with Gasteiger partial charge in [-0.25, -0.2) is 0 Å². The van der Waals surface area contributed by atoms with Crippen LogP contribution in [0, 0.1) is 6.07 Å². The number of nitrogens with one attached hydrogen (secondary N) is 1. The summed E-state index contributed by atoms with van der Waals surface area (Å²) in [6.45, 7) is 0. The molecule has 93 valence electrons. The lowest BCUT2D eigenvalue weighted by atomic mass is 10.1. The van der Waals surface area contributed by atoms with E-state index in [-0.39, 0.29) is 5.56 Å². The van der Waals surface area contributed by atoms with Gasteiger partial charge in [0.15, 0.2) is 0 Å². The van der Waals surface area contributed by atoms with E-state index in [4.69, 9.17) is 4.74 Å². The highest BCUT2D eigenvalue weighted by Gasteiger charge is 2.05. The van der Waals surface area contributed by atoms with E-state index in [1.54, 1.807) is 19.2 Å². The van der Waals surface area contributed by atoms with Crippen molar-refractivity contribution < 1.29 is 4.74 Å². The first-order valence-corrected chi connectivity index (χ1v) is 5.95. The minimum atomic E-state index is -0.0936. The van der Waals surface area contributed by atoms with Crippen molar-refractivity contribution in [3.8, 4) is 16.9 Å². The van der Waals surface area contributed by atoms with Gasteiger partial charge in [0.2, 0.25) is 0 Å². The van der Waals surface area contributed by atoms with Gasteiger partial charge in [-0.05, 0) is 35.9 Å². The fourth-order valence-corrected chi connectivity index (χ4v) is 2.09. The van der Waals surface area contributed by atoms with Crippen molar-refractivity contribution in [3.63, 3.8) is 0 Å². The van der Waals surface area contributed by atoms with E-state index >= 15 is 0 Å². The van der Waals surface area contributed by atoms with E-state index in [1.807, 2.05) is 36.4 Å². The van der Waals surface area contributed by atoms with Crippen molar-refractivity contribution in [2.24, 2.45) is 0 Å². The average molecular weight is 250 g/mol. The summed E-state index contributed by atoms with van der Waals surface area (Å²) < 4.78 is 5.20. The maximum absolute atomic E-state index is 12.1. The number of H-pyrrole nitrogens is 1. The molecular weight excluding hydrogens is 238 g/mol. The molecule has 3 heteroatoms. The fourth-order valence-electron chi connectivity index (χ4n) is 2.09. The van der Waals surface area contributed by atoms with Crippen LogP contribution in [0.5, 0.6) is 5.75 Å². The molecule has 0 unspecified atom stereocenters. The van der Waals surface area contributed by atoms with Gasteiger partial charge in [-0.1, -0.05) is 24.3 Å². The van der Waals surface area contributed by atoms with E-state index in [1.165, 1.54) is 0 Å². The standard InChI is InChI=1S/C16H12NO2/c1-19-13-7-8-15-12(9-13)10-14(16(18)17-15)11-5-3-2-4-6-11/h3-10H,1H3,(H,17,18). The fraction of sp³-hybridized carbons (Fsp3) is 0.0625. The number of ether oxygens (including phenoxy) is 1. The summed E-state index contributed by atoms with van der Waals surface area (Å²) in [6, 6.07) is 17.7. The van der Waals surface area contributed by atoms with Gasteiger partial charge in [-0.15, -0.1) is 0 Å². The Kier molecular flexibility index (Phi) is 2.80. The number of benzene rings is 2. The highest BCUT2D eigenvalue weighted by Crippen LogP contribution is 2.22. The molecule has 0 aliphatic rings. The van der Waals surface area contributed by atoms with Crippen LogP contribution in [0.15, 0.2) is 53.3 Å². The smallest absolute Gasteiger partial charge is 0.256 e. The Morgan fingerprint density at radius 2 is 1.89 bits per heavy atom. The lowest BCUT2D eigenvalue weighted by Gasteiger charge is -2.05. The molecule has 3 nitrogen and oxygen atoms in total. The zero-order valence-corrected chi connectivity index (χ0v) is 10.4. The number of fused-ring (bicyclic) bond motifs is 1. The summed E-state index contributed by atoms with van der Waals surface area (Å²) in [5.41, 5.74) is 2.24. The first-order chi connectivity index (χ1) is 9.28. The Morgan fingerprint density at radius 1 is 1.11 bits per heavy atom. The Morgan fingerprint density at radius 3 is 2.63 bits per heavy atom. The number of hydrogen-bond donors (Lipinski definition) is 1. The van der Waals surface area contributed by atoms with Gasteiger partial charge in [0.25, 0.3) is 5.56 Å². The van der Waals surface area contributed by atoms with Crippen LogP contribution < -0.4 is 10.3 Å². The molecule has 0 bridgehead atoms. The van der Waals surface area contributed by atoms with Crippen LogP contribution in [-0.2, 0) is 0 Å². The molecule has 1 radical (unpaired) electrons. The zero-order valence-electron chi connectivity index (χ0n) is 10.4. The third kappa shape index (κ3) is 2.10. The zero-order chi connectivity index (χ0) is 13.2. The van der Waals surface area contributed by atoms with Crippen LogP contribution in [0.4, 0.5) is 0 Å². The van der Waals surface area contributed by atoms with E-state index in [0.717, 1.165) is 22.2 Å². The SMILES string of the molecule is COc1ccc2[nH]c(=O)c(-c3cc[c]cc3)cc2c1. The van der Waals surface area contributed by atoms with Crippen molar-refractivity contribution in [2.75, 3.05) is 7.11 Å². The Labute approximate surface area is 110 Å². The lowest BCUT2D eigenvalue weighted by Crippen LogP contribution is -2.08. The topological polar surface area (TPSA) is 42.1 Å². The molecule has 0 spiro atoms. The molecule has 0 saturated heterocycles. The van der Waals surface area contributed by atoms with Crippen molar-refractivity contribution in [1.29, 1.82) is 0 Å². The molecular formula is C16H12NO2. The molecule has 0 amide bonds. The number of aromatic amines is 1. The van der Waals surface area contributed by atoms with Gasteiger partial charge in [0.1, 0.15) is 5.75 Å². The van der Waals surface area contributed by atoms with E-state index < -0.39 is 0 Å². The van der Waals surface area contributed by atoms with Crippen LogP contribution in [0.25, 0.3) is 22.0 Å². The first-order valence-electron chi connectivity index (χ1n) is 5.95. The molecule has 0 atom stereocenters. The molecule has 0 aliphatic carbocycles. The summed E-state index contributed by atoms with van der Waals surface area (Å²) in [4.78, 5) is 15.0. The normalized spacial score (nSPS) is 10.6. The van der Waals surface area contributed by atoms with Crippen LogP contribution in [0.3, 0.4) is 0 Å². The van der Waals surface area contributed by atoms with Crippen LogP contribution in [0.2, 0.25) is 0 Å². The number of aromatic nitrogens is 1. The Bertz CT molecular complexity index is 776. The molecule has 0 aliphatic heterocycles. The molecule has 1 aromatic heterocycles. The summed E-state index contributed by atoms with van der Waals surface area (Å²) in [6.07, 6.45) is 0. The maximum atomic E-state index is 12.1. The summed E-state index contributed by atoms with van der Waals surface area (Å²) in [5.74, 6) is 0.770. The van der Waals surface area contributed by atoms with Crippen LogP contribution >= 0.6 is 0 Å². The highest BCUT2D eigenvalue weighted by atomic mass is 16.5. The van der Waals surface area contributed by atoms with Crippen LogP contribution in [0.1, 0.15) is 0 Å². The van der Waals surface area contributed by atoms with Gasteiger partial charge in [0, 0.05) is 16.5 Å². The van der Waals surface area contributed by atoms with Crippen LogP contribution in [-0.4, -0.2) is 12.1 Å². The second kappa shape index (κ2) is 4.61. The number of pyridine rings is 1. The molecule has 3 rings (SSSR count). The molecule has 1 N–H and O–H groups in total.